The third-order valence-electron chi connectivity index (χ3n) is 4.25. The van der Waals surface area contributed by atoms with Gasteiger partial charge in [0.15, 0.2) is 0 Å². The molecule has 1 N–H and O–H groups in total. The summed E-state index contributed by atoms with van der Waals surface area (Å²) in [5, 5.41) is 3.76. The molecule has 0 saturated heterocycles. The molecule has 0 bridgehead atoms. The van der Waals surface area contributed by atoms with Crippen LogP contribution in [0.4, 0.5) is 0 Å². The van der Waals surface area contributed by atoms with Crippen LogP contribution in [0, 0.1) is 5.92 Å². The van der Waals surface area contributed by atoms with Crippen molar-refractivity contribution in [2.45, 2.75) is 38.8 Å². The first kappa shape index (κ1) is 16.8. The molecule has 0 fully saturated rings. The van der Waals surface area contributed by atoms with Gasteiger partial charge in [-0.25, -0.2) is 0 Å². The fourth-order valence-electron chi connectivity index (χ4n) is 3.04. The summed E-state index contributed by atoms with van der Waals surface area (Å²) in [4.78, 5) is 2.31. The molecule has 0 spiro atoms. The number of halogens is 1. The zero-order chi connectivity index (χ0) is 15.4. The number of nitrogens with zero attached hydrogens (tertiary/aromatic N) is 1. The first-order valence-electron chi connectivity index (χ1n) is 7.81. The largest absolute Gasteiger partial charge is 0.493 e. The van der Waals surface area contributed by atoms with E-state index in [9.17, 15) is 0 Å². The second kappa shape index (κ2) is 7.61. The number of likely N-dealkylation sites (N-methyl/N-ethyl adjacent to an activating group) is 1. The predicted molar refractivity (Wildman–Crippen MR) is 91.9 cm³/mol. The first-order valence-corrected chi connectivity index (χ1v) is 8.60. The molecular formula is C17H27BrN2O. The minimum atomic E-state index is 0.386. The van der Waals surface area contributed by atoms with Crippen molar-refractivity contribution < 1.29 is 4.74 Å². The molecule has 1 aliphatic heterocycles. The Balaban J connectivity index is 2.10. The van der Waals surface area contributed by atoms with E-state index in [2.05, 4.69) is 72.3 Å². The Labute approximate surface area is 137 Å². The van der Waals surface area contributed by atoms with E-state index in [-0.39, 0.29) is 0 Å². The zero-order valence-corrected chi connectivity index (χ0v) is 15.1. The van der Waals surface area contributed by atoms with Crippen molar-refractivity contribution in [1.29, 1.82) is 0 Å². The van der Waals surface area contributed by atoms with Gasteiger partial charge in [-0.3, -0.25) is 0 Å². The lowest BCUT2D eigenvalue weighted by molar-refractivity contribution is 0.217. The molecule has 2 unspecified atom stereocenters. The van der Waals surface area contributed by atoms with E-state index in [1.165, 1.54) is 5.56 Å². The maximum atomic E-state index is 5.88. The van der Waals surface area contributed by atoms with Crippen molar-refractivity contribution in [1.82, 2.24) is 10.2 Å². The molecule has 0 aromatic heterocycles. The molecule has 1 aromatic rings. The Morgan fingerprint density at radius 2 is 2.14 bits per heavy atom. The van der Waals surface area contributed by atoms with Crippen LogP contribution < -0.4 is 10.1 Å². The molecule has 4 heteroatoms. The van der Waals surface area contributed by atoms with Gasteiger partial charge >= 0.3 is 0 Å². The minimum absolute atomic E-state index is 0.386. The Kier molecular flexibility index (Phi) is 6.08. The van der Waals surface area contributed by atoms with Crippen LogP contribution in [-0.2, 0) is 0 Å². The number of nitrogens with one attached hydrogen (secondary N) is 1. The normalized spacial score (nSPS) is 20.0. The van der Waals surface area contributed by atoms with Gasteiger partial charge in [0.2, 0.25) is 0 Å². The van der Waals surface area contributed by atoms with Crippen molar-refractivity contribution in [3.63, 3.8) is 0 Å². The fraction of sp³-hybridized carbons (Fsp3) is 0.647. The molecule has 0 aliphatic carbocycles. The molecule has 2 atom stereocenters. The van der Waals surface area contributed by atoms with Crippen LogP contribution in [0.1, 0.15) is 38.3 Å². The zero-order valence-electron chi connectivity index (χ0n) is 13.5. The summed E-state index contributed by atoms with van der Waals surface area (Å²) in [5.41, 5.74) is 1.29. The highest BCUT2D eigenvalue weighted by molar-refractivity contribution is 9.10. The Hall–Kier alpha value is -0.580. The molecule has 1 aromatic carbocycles. The fourth-order valence-corrected chi connectivity index (χ4v) is 3.38. The summed E-state index contributed by atoms with van der Waals surface area (Å²) in [6.07, 6.45) is 2.23. The molecule has 0 amide bonds. The Morgan fingerprint density at radius 1 is 1.38 bits per heavy atom. The number of benzene rings is 1. The molecule has 0 saturated carbocycles. The van der Waals surface area contributed by atoms with Crippen molar-refractivity contribution in [3.8, 4) is 5.75 Å². The summed E-state index contributed by atoms with van der Waals surface area (Å²) in [5.74, 6) is 1.66. The monoisotopic (exact) mass is 354 g/mol. The van der Waals surface area contributed by atoms with E-state index >= 15 is 0 Å². The third kappa shape index (κ3) is 4.44. The van der Waals surface area contributed by atoms with E-state index in [1.807, 2.05) is 0 Å². The summed E-state index contributed by atoms with van der Waals surface area (Å²) < 4.78 is 6.96. The Morgan fingerprint density at radius 3 is 2.81 bits per heavy atom. The minimum Gasteiger partial charge on any atom is -0.493 e. The van der Waals surface area contributed by atoms with Crippen LogP contribution in [0.25, 0.3) is 0 Å². The smallest absolute Gasteiger partial charge is 0.125 e. The van der Waals surface area contributed by atoms with Crippen LogP contribution in [0.2, 0.25) is 0 Å². The lowest BCUT2D eigenvalue weighted by Gasteiger charge is -2.30. The molecule has 1 aliphatic rings. The van der Waals surface area contributed by atoms with Crippen molar-refractivity contribution in [2.24, 2.45) is 5.92 Å². The van der Waals surface area contributed by atoms with E-state index in [1.54, 1.807) is 0 Å². The summed E-state index contributed by atoms with van der Waals surface area (Å²) >= 11 is 3.53. The molecule has 0 radical (unpaired) electrons. The van der Waals surface area contributed by atoms with Gasteiger partial charge in [0.25, 0.3) is 0 Å². The molecular weight excluding hydrogens is 328 g/mol. The van der Waals surface area contributed by atoms with Gasteiger partial charge in [-0.2, -0.15) is 0 Å². The molecule has 3 nitrogen and oxygen atoms in total. The predicted octanol–water partition coefficient (Wildman–Crippen LogP) is 3.84. The standard InChI is InChI=1S/C17H27BrN2O/c1-12(2)16(20(3)4)11-19-15-6-5-9-21-17-10-13(18)7-8-14(15)17/h7-8,10,12,15-16,19H,5-6,9,11H2,1-4H3. The molecule has 2 rings (SSSR count). The Bertz CT molecular complexity index is 454. The van der Waals surface area contributed by atoms with Gasteiger partial charge in [0, 0.05) is 28.7 Å². The lowest BCUT2D eigenvalue weighted by Crippen LogP contribution is -2.42. The van der Waals surface area contributed by atoms with Gasteiger partial charge in [-0.05, 0) is 45.0 Å². The van der Waals surface area contributed by atoms with E-state index in [0.29, 0.717) is 18.0 Å². The highest BCUT2D eigenvalue weighted by atomic mass is 79.9. The highest BCUT2D eigenvalue weighted by Gasteiger charge is 2.22. The maximum absolute atomic E-state index is 5.88. The second-order valence-electron chi connectivity index (χ2n) is 6.41. The average Bonchev–Trinajstić information content (AvgIpc) is 2.60. The summed E-state index contributed by atoms with van der Waals surface area (Å²) in [6.45, 7) is 6.38. The van der Waals surface area contributed by atoms with Gasteiger partial charge in [0.1, 0.15) is 5.75 Å². The number of hydrogen-bond acceptors (Lipinski definition) is 3. The number of rotatable bonds is 5. The first-order chi connectivity index (χ1) is 9.99. The topological polar surface area (TPSA) is 24.5 Å². The highest BCUT2D eigenvalue weighted by Crippen LogP contribution is 2.33. The van der Waals surface area contributed by atoms with Crippen molar-refractivity contribution in [2.75, 3.05) is 27.2 Å². The quantitative estimate of drug-likeness (QED) is 0.869. The molecule has 1 heterocycles. The van der Waals surface area contributed by atoms with Crippen LogP contribution in [0.5, 0.6) is 5.75 Å². The second-order valence-corrected chi connectivity index (χ2v) is 7.32. The van der Waals surface area contributed by atoms with E-state index in [4.69, 9.17) is 4.74 Å². The number of fused-ring (bicyclic) bond motifs is 1. The molecule has 21 heavy (non-hydrogen) atoms. The van der Waals surface area contributed by atoms with Gasteiger partial charge in [-0.15, -0.1) is 0 Å². The maximum Gasteiger partial charge on any atom is 0.125 e. The van der Waals surface area contributed by atoms with Gasteiger partial charge < -0.3 is 15.0 Å². The van der Waals surface area contributed by atoms with Crippen LogP contribution in [-0.4, -0.2) is 38.2 Å². The van der Waals surface area contributed by atoms with Crippen molar-refractivity contribution in [3.05, 3.63) is 28.2 Å². The SMILES string of the molecule is CC(C)C(CNC1CCCOc2cc(Br)ccc21)N(C)C. The van der Waals surface area contributed by atoms with Gasteiger partial charge in [-0.1, -0.05) is 35.8 Å². The van der Waals surface area contributed by atoms with Crippen molar-refractivity contribution >= 4 is 15.9 Å². The molecule has 118 valence electrons. The van der Waals surface area contributed by atoms with Crippen LogP contribution >= 0.6 is 15.9 Å². The summed E-state index contributed by atoms with van der Waals surface area (Å²) in [6, 6.07) is 7.31. The van der Waals surface area contributed by atoms with Gasteiger partial charge in [0.05, 0.1) is 6.61 Å². The lowest BCUT2D eigenvalue weighted by atomic mass is 9.99. The number of hydrogen-bond donors (Lipinski definition) is 1. The average molecular weight is 355 g/mol. The number of ether oxygens (including phenoxy) is 1. The van der Waals surface area contributed by atoms with E-state index < -0.39 is 0 Å². The van der Waals surface area contributed by atoms with E-state index in [0.717, 1.165) is 36.2 Å². The summed E-state index contributed by atoms with van der Waals surface area (Å²) in [7, 11) is 4.32. The third-order valence-corrected chi connectivity index (χ3v) is 4.75. The van der Waals surface area contributed by atoms with Crippen LogP contribution in [0.3, 0.4) is 0 Å². The van der Waals surface area contributed by atoms with Crippen LogP contribution in [0.15, 0.2) is 22.7 Å².